The second-order valence-electron chi connectivity index (χ2n) is 8.48. The lowest BCUT2D eigenvalue weighted by molar-refractivity contribution is 0.471. The number of aromatic nitrogens is 2. The molecule has 3 heterocycles. The van der Waals surface area contributed by atoms with E-state index in [0.717, 1.165) is 34.0 Å². The molecule has 2 N–H and O–H groups in total. The zero-order chi connectivity index (χ0) is 23.1. The molecule has 4 aromatic rings. The van der Waals surface area contributed by atoms with E-state index in [1.807, 2.05) is 42.6 Å². The molecule has 5 nitrogen and oxygen atoms in total. The molecule has 1 saturated heterocycles. The number of benzene rings is 2. The van der Waals surface area contributed by atoms with Crippen molar-refractivity contribution in [2.24, 2.45) is 0 Å². The quantitative estimate of drug-likeness (QED) is 0.389. The molecule has 33 heavy (non-hydrogen) atoms. The van der Waals surface area contributed by atoms with Gasteiger partial charge < -0.3 is 19.9 Å². The molecular weight excluding hydrogens is 428 g/mol. The number of aryl methyl sites for hydroxylation is 2. The van der Waals surface area contributed by atoms with Crippen LogP contribution in [0.1, 0.15) is 40.3 Å². The van der Waals surface area contributed by atoms with E-state index in [1.54, 1.807) is 6.07 Å². The van der Waals surface area contributed by atoms with Gasteiger partial charge in [0.25, 0.3) is 0 Å². The van der Waals surface area contributed by atoms with Crippen LogP contribution in [-0.4, -0.2) is 19.8 Å². The van der Waals surface area contributed by atoms with Gasteiger partial charge in [0.2, 0.25) is 0 Å². The molecule has 0 amide bonds. The van der Waals surface area contributed by atoms with Gasteiger partial charge >= 0.3 is 0 Å². The largest absolute Gasteiger partial charge is 0.506 e. The standard InChI is InChI=1S/C27H26N4OS/c1-17-11-13-20(14-12-17)31-26(25(29-27(31)33)22-8-6-7-15-28-22)21-16-18(2)30(19(21)3)23-9-4-5-10-24(23)32/h4-16,25-26,32H,1-3H3,(H,29,33)/t25-,26-/m1/s1. The first-order valence-electron chi connectivity index (χ1n) is 11.0. The summed E-state index contributed by atoms with van der Waals surface area (Å²) >= 11 is 5.85. The van der Waals surface area contributed by atoms with Crippen molar-refractivity contribution in [3.63, 3.8) is 0 Å². The molecule has 0 bridgehead atoms. The zero-order valence-electron chi connectivity index (χ0n) is 18.9. The van der Waals surface area contributed by atoms with E-state index in [4.69, 9.17) is 12.2 Å². The first-order chi connectivity index (χ1) is 16.0. The number of phenols is 1. The summed E-state index contributed by atoms with van der Waals surface area (Å²) in [6.07, 6.45) is 1.82. The van der Waals surface area contributed by atoms with Crippen molar-refractivity contribution < 1.29 is 5.11 Å². The smallest absolute Gasteiger partial charge is 0.174 e. The molecule has 0 saturated carbocycles. The Hall–Kier alpha value is -3.64. The minimum atomic E-state index is -0.113. The van der Waals surface area contributed by atoms with E-state index < -0.39 is 0 Å². The highest BCUT2D eigenvalue weighted by Crippen LogP contribution is 2.44. The van der Waals surface area contributed by atoms with Gasteiger partial charge in [-0.2, -0.15) is 0 Å². The second-order valence-corrected chi connectivity index (χ2v) is 8.87. The number of pyridine rings is 1. The number of anilines is 1. The maximum absolute atomic E-state index is 10.5. The van der Waals surface area contributed by atoms with Crippen LogP contribution in [0.2, 0.25) is 0 Å². The zero-order valence-corrected chi connectivity index (χ0v) is 19.7. The van der Waals surface area contributed by atoms with Gasteiger partial charge in [0.15, 0.2) is 5.11 Å². The fraction of sp³-hybridized carbons (Fsp3) is 0.185. The third kappa shape index (κ3) is 3.66. The highest BCUT2D eigenvalue weighted by Gasteiger charge is 2.42. The highest BCUT2D eigenvalue weighted by atomic mass is 32.1. The minimum absolute atomic E-state index is 0.0964. The molecule has 5 rings (SSSR count). The van der Waals surface area contributed by atoms with Gasteiger partial charge in [-0.25, -0.2) is 0 Å². The van der Waals surface area contributed by atoms with E-state index >= 15 is 0 Å². The third-order valence-electron chi connectivity index (χ3n) is 6.32. The Morgan fingerprint density at radius 3 is 2.36 bits per heavy atom. The number of aromatic hydroxyl groups is 1. The second kappa shape index (κ2) is 8.37. The van der Waals surface area contributed by atoms with Gasteiger partial charge in [-0.05, 0) is 81.0 Å². The van der Waals surface area contributed by atoms with Crippen LogP contribution in [0.25, 0.3) is 5.69 Å². The number of hydrogen-bond acceptors (Lipinski definition) is 3. The lowest BCUT2D eigenvalue weighted by Gasteiger charge is -2.28. The van der Waals surface area contributed by atoms with E-state index in [9.17, 15) is 5.11 Å². The summed E-state index contributed by atoms with van der Waals surface area (Å²) in [7, 11) is 0. The summed E-state index contributed by atoms with van der Waals surface area (Å²) < 4.78 is 2.11. The van der Waals surface area contributed by atoms with Gasteiger partial charge in [0.1, 0.15) is 5.75 Å². The Balaban J connectivity index is 1.69. The summed E-state index contributed by atoms with van der Waals surface area (Å²) in [6, 6.07) is 23.8. The van der Waals surface area contributed by atoms with E-state index in [0.29, 0.717) is 5.11 Å². The van der Waals surface area contributed by atoms with Gasteiger partial charge in [-0.1, -0.05) is 35.9 Å². The van der Waals surface area contributed by atoms with Crippen molar-refractivity contribution in [1.29, 1.82) is 0 Å². The molecule has 2 atom stereocenters. The third-order valence-corrected chi connectivity index (χ3v) is 6.64. The average molecular weight is 455 g/mol. The first kappa shape index (κ1) is 21.2. The van der Waals surface area contributed by atoms with Gasteiger partial charge in [-0.3, -0.25) is 4.98 Å². The SMILES string of the molecule is Cc1ccc(N2C(=S)N[C@H](c3ccccn3)[C@H]2c2cc(C)n(-c3ccccc3O)c2C)cc1. The number of nitrogens with zero attached hydrogens (tertiary/aromatic N) is 3. The van der Waals surface area contributed by atoms with Crippen molar-refractivity contribution in [2.45, 2.75) is 32.9 Å². The van der Waals surface area contributed by atoms with Crippen LogP contribution in [0.4, 0.5) is 5.69 Å². The van der Waals surface area contributed by atoms with Crippen molar-refractivity contribution in [1.82, 2.24) is 14.9 Å². The molecule has 1 aliphatic heterocycles. The summed E-state index contributed by atoms with van der Waals surface area (Å²) in [6.45, 7) is 6.24. The summed E-state index contributed by atoms with van der Waals surface area (Å²) in [5, 5.41) is 14.7. The molecule has 1 aliphatic rings. The van der Waals surface area contributed by atoms with Crippen LogP contribution < -0.4 is 10.2 Å². The molecule has 0 radical (unpaired) electrons. The molecule has 1 fully saturated rings. The van der Waals surface area contributed by atoms with Crippen LogP contribution in [-0.2, 0) is 0 Å². The maximum Gasteiger partial charge on any atom is 0.174 e. The van der Waals surface area contributed by atoms with Gasteiger partial charge in [-0.15, -0.1) is 0 Å². The molecule has 0 unspecified atom stereocenters. The van der Waals surface area contributed by atoms with Crippen molar-refractivity contribution in [3.05, 3.63) is 107 Å². The Kier molecular flexibility index (Phi) is 5.38. The number of phenolic OH excluding ortho intramolecular Hbond substituents is 1. The molecular formula is C27H26N4OS. The summed E-state index contributed by atoms with van der Waals surface area (Å²) in [5.41, 5.74) is 7.19. The lowest BCUT2D eigenvalue weighted by Crippen LogP contribution is -2.29. The van der Waals surface area contributed by atoms with Crippen LogP contribution >= 0.6 is 12.2 Å². The minimum Gasteiger partial charge on any atom is -0.506 e. The molecule has 0 spiro atoms. The Morgan fingerprint density at radius 2 is 1.67 bits per heavy atom. The van der Waals surface area contributed by atoms with Crippen LogP contribution in [0.15, 0.2) is 79.0 Å². The van der Waals surface area contributed by atoms with Gasteiger partial charge in [0, 0.05) is 23.3 Å². The van der Waals surface area contributed by atoms with Crippen molar-refractivity contribution >= 4 is 23.0 Å². The lowest BCUT2D eigenvalue weighted by atomic mass is 9.96. The topological polar surface area (TPSA) is 53.3 Å². The predicted molar refractivity (Wildman–Crippen MR) is 136 cm³/mol. The summed E-state index contributed by atoms with van der Waals surface area (Å²) in [4.78, 5) is 6.83. The van der Waals surface area contributed by atoms with E-state index in [1.165, 1.54) is 5.56 Å². The fourth-order valence-corrected chi connectivity index (χ4v) is 5.11. The van der Waals surface area contributed by atoms with Crippen LogP contribution in [0, 0.1) is 20.8 Å². The summed E-state index contributed by atoms with van der Waals surface area (Å²) in [5.74, 6) is 0.252. The van der Waals surface area contributed by atoms with Gasteiger partial charge in [0.05, 0.1) is 23.5 Å². The Labute approximate surface area is 199 Å². The van der Waals surface area contributed by atoms with Crippen LogP contribution in [0.3, 0.4) is 0 Å². The number of nitrogens with one attached hydrogen (secondary N) is 1. The Bertz CT molecular complexity index is 1310. The normalized spacial score (nSPS) is 17.9. The first-order valence-corrected chi connectivity index (χ1v) is 11.4. The Morgan fingerprint density at radius 1 is 0.939 bits per heavy atom. The molecule has 166 valence electrons. The highest BCUT2D eigenvalue weighted by molar-refractivity contribution is 7.80. The maximum atomic E-state index is 10.5. The molecule has 2 aromatic heterocycles. The molecule has 0 aliphatic carbocycles. The number of hydrogen-bond donors (Lipinski definition) is 2. The molecule has 6 heteroatoms. The van der Waals surface area contributed by atoms with Crippen molar-refractivity contribution in [2.75, 3.05) is 4.90 Å². The molecule has 2 aromatic carbocycles. The van der Waals surface area contributed by atoms with Crippen molar-refractivity contribution in [3.8, 4) is 11.4 Å². The average Bonchev–Trinajstić information content (AvgIpc) is 3.31. The van der Waals surface area contributed by atoms with E-state index in [-0.39, 0.29) is 17.8 Å². The van der Waals surface area contributed by atoms with Crippen LogP contribution in [0.5, 0.6) is 5.75 Å². The predicted octanol–water partition coefficient (Wildman–Crippen LogP) is 5.68. The fourth-order valence-electron chi connectivity index (χ4n) is 4.77. The number of thiocarbonyl (C=S) groups is 1. The number of para-hydroxylation sites is 2. The van der Waals surface area contributed by atoms with E-state index in [2.05, 4.69) is 70.9 Å². The number of rotatable bonds is 4. The monoisotopic (exact) mass is 454 g/mol.